The Morgan fingerprint density at radius 1 is 1.16 bits per heavy atom. The summed E-state index contributed by atoms with van der Waals surface area (Å²) in [6, 6.07) is 11.6. The van der Waals surface area contributed by atoms with Gasteiger partial charge in [0.05, 0.1) is 40.1 Å². The molecule has 2 amide bonds. The Bertz CT molecular complexity index is 1270. The van der Waals surface area contributed by atoms with Gasteiger partial charge >= 0.3 is 5.97 Å². The molecule has 0 aliphatic carbocycles. The molecule has 1 atom stereocenters. The third kappa shape index (κ3) is 6.15. The number of allylic oxidation sites excluding steroid dienone is 1. The van der Waals surface area contributed by atoms with E-state index in [4.69, 9.17) is 37.4 Å². The van der Waals surface area contributed by atoms with Crippen molar-refractivity contribution < 1.29 is 28.6 Å². The minimum absolute atomic E-state index is 0.0646. The van der Waals surface area contributed by atoms with Crippen LogP contribution in [0.3, 0.4) is 0 Å². The summed E-state index contributed by atoms with van der Waals surface area (Å²) in [6.07, 6.45) is 3.62. The zero-order valence-corrected chi connectivity index (χ0v) is 21.9. The number of hydrogen-bond acceptors (Lipinski definition) is 6. The molecule has 2 aliphatic rings. The van der Waals surface area contributed by atoms with Gasteiger partial charge in [-0.1, -0.05) is 35.3 Å². The second kappa shape index (κ2) is 11.8. The van der Waals surface area contributed by atoms with E-state index in [0.29, 0.717) is 34.3 Å². The van der Waals surface area contributed by atoms with E-state index >= 15 is 0 Å². The van der Waals surface area contributed by atoms with E-state index in [2.05, 4.69) is 5.32 Å². The Morgan fingerprint density at radius 2 is 1.92 bits per heavy atom. The van der Waals surface area contributed by atoms with Crippen molar-refractivity contribution in [1.29, 1.82) is 0 Å². The largest absolute Gasteiger partial charge is 0.484 e. The average molecular weight is 545 g/mol. The number of esters is 1. The molecule has 194 valence electrons. The van der Waals surface area contributed by atoms with Crippen molar-refractivity contribution in [2.45, 2.75) is 25.9 Å². The van der Waals surface area contributed by atoms with Gasteiger partial charge in [-0.25, -0.2) is 4.79 Å². The number of carbonyl (C=O) groups is 3. The monoisotopic (exact) mass is 544 g/mol. The molecular formula is C27H26Cl2N2O6. The van der Waals surface area contributed by atoms with Crippen LogP contribution in [-0.2, 0) is 23.9 Å². The lowest BCUT2D eigenvalue weighted by atomic mass is 10.0. The Kier molecular flexibility index (Phi) is 8.53. The Labute approximate surface area is 224 Å². The zero-order chi connectivity index (χ0) is 26.5. The minimum Gasteiger partial charge on any atom is -0.484 e. The summed E-state index contributed by atoms with van der Waals surface area (Å²) in [5.74, 6) is -0.776. The summed E-state index contributed by atoms with van der Waals surface area (Å²) in [5, 5.41) is 3.44. The van der Waals surface area contributed by atoms with Crippen molar-refractivity contribution in [2.24, 2.45) is 0 Å². The van der Waals surface area contributed by atoms with Crippen LogP contribution in [-0.4, -0.2) is 50.8 Å². The van der Waals surface area contributed by atoms with Crippen molar-refractivity contribution in [1.82, 2.24) is 5.32 Å². The van der Waals surface area contributed by atoms with E-state index < -0.39 is 11.9 Å². The molecule has 8 nitrogen and oxygen atoms in total. The fourth-order valence-corrected chi connectivity index (χ4v) is 4.47. The highest BCUT2D eigenvalue weighted by Gasteiger charge is 2.38. The summed E-state index contributed by atoms with van der Waals surface area (Å²) in [4.78, 5) is 39.4. The maximum absolute atomic E-state index is 13.4. The lowest BCUT2D eigenvalue weighted by molar-refractivity contribution is -0.136. The van der Waals surface area contributed by atoms with Crippen LogP contribution in [0.2, 0.25) is 10.0 Å². The quantitative estimate of drug-likeness (QED) is 0.387. The number of ether oxygens (including phenoxy) is 3. The topological polar surface area (TPSA) is 94.2 Å². The van der Waals surface area contributed by atoms with Crippen LogP contribution >= 0.6 is 23.2 Å². The van der Waals surface area contributed by atoms with Gasteiger partial charge in [-0.3, -0.25) is 14.5 Å². The van der Waals surface area contributed by atoms with Crippen molar-refractivity contribution >= 4 is 52.7 Å². The molecule has 1 saturated heterocycles. The minimum atomic E-state index is -0.631. The van der Waals surface area contributed by atoms with Gasteiger partial charge in [-0.2, -0.15) is 0 Å². The van der Waals surface area contributed by atoms with Gasteiger partial charge in [0.1, 0.15) is 5.75 Å². The number of hydrogen-bond donors (Lipinski definition) is 1. The number of methoxy groups -OCH3 is 1. The number of halogens is 2. The molecule has 0 radical (unpaired) electrons. The first kappa shape index (κ1) is 26.7. The van der Waals surface area contributed by atoms with Crippen molar-refractivity contribution in [3.8, 4) is 5.75 Å². The molecule has 0 unspecified atom stereocenters. The van der Waals surface area contributed by atoms with Gasteiger partial charge in [0, 0.05) is 18.8 Å². The van der Waals surface area contributed by atoms with Crippen LogP contribution in [0.25, 0.3) is 6.08 Å². The van der Waals surface area contributed by atoms with Gasteiger partial charge in [0.15, 0.2) is 6.61 Å². The first-order valence-corrected chi connectivity index (χ1v) is 12.5. The van der Waals surface area contributed by atoms with Gasteiger partial charge in [-0.15, -0.1) is 0 Å². The Balaban J connectivity index is 1.48. The standard InChI is InChI=1S/C27H26Cl2N2O6/c1-16-25(27(34)35-2)21(26(33)31(16)18-7-10-22(28)23(29)13-18)12-17-5-8-19(9-6-17)37-15-24(32)30-14-20-4-3-11-36-20/h5-10,12-13,20H,3-4,11,14-15H2,1-2H3,(H,30,32)/b21-12-/t20-/m1/s1. The van der Waals surface area contributed by atoms with Gasteiger partial charge in [0.2, 0.25) is 0 Å². The Morgan fingerprint density at radius 3 is 2.57 bits per heavy atom. The van der Waals surface area contributed by atoms with E-state index in [1.165, 1.54) is 12.0 Å². The molecule has 4 rings (SSSR count). The predicted octanol–water partition coefficient (Wildman–Crippen LogP) is 4.54. The summed E-state index contributed by atoms with van der Waals surface area (Å²) >= 11 is 12.2. The van der Waals surface area contributed by atoms with Crippen LogP contribution in [0.4, 0.5) is 5.69 Å². The van der Waals surface area contributed by atoms with E-state index in [9.17, 15) is 14.4 Å². The van der Waals surface area contributed by atoms with Crippen LogP contribution < -0.4 is 15.0 Å². The van der Waals surface area contributed by atoms with E-state index in [1.54, 1.807) is 55.5 Å². The smallest absolute Gasteiger partial charge is 0.340 e. The normalized spacial score (nSPS) is 18.5. The number of nitrogens with zero attached hydrogens (tertiary/aromatic N) is 1. The third-order valence-electron chi connectivity index (χ3n) is 6.06. The molecule has 1 fully saturated rings. The fourth-order valence-electron chi connectivity index (χ4n) is 4.17. The van der Waals surface area contributed by atoms with Crippen LogP contribution in [0, 0.1) is 0 Å². The van der Waals surface area contributed by atoms with E-state index in [1.807, 2.05) is 0 Å². The molecule has 2 aliphatic heterocycles. The molecule has 1 N–H and O–H groups in total. The average Bonchev–Trinajstić information content (AvgIpc) is 3.50. The molecule has 10 heteroatoms. The highest BCUT2D eigenvalue weighted by molar-refractivity contribution is 6.42. The summed E-state index contributed by atoms with van der Waals surface area (Å²) in [6.45, 7) is 2.74. The van der Waals surface area contributed by atoms with E-state index in [-0.39, 0.29) is 34.8 Å². The second-order valence-electron chi connectivity index (χ2n) is 8.55. The highest BCUT2D eigenvalue weighted by Crippen LogP contribution is 2.37. The lowest BCUT2D eigenvalue weighted by Gasteiger charge is -2.18. The van der Waals surface area contributed by atoms with Crippen LogP contribution in [0.15, 0.2) is 59.3 Å². The Hall–Kier alpha value is -3.33. The van der Waals surface area contributed by atoms with Crippen molar-refractivity contribution in [3.05, 3.63) is 74.9 Å². The molecule has 0 bridgehead atoms. The summed E-state index contributed by atoms with van der Waals surface area (Å²) < 4.78 is 16.0. The predicted molar refractivity (Wildman–Crippen MR) is 141 cm³/mol. The summed E-state index contributed by atoms with van der Waals surface area (Å²) in [7, 11) is 1.26. The highest BCUT2D eigenvalue weighted by atomic mass is 35.5. The number of anilines is 1. The first-order chi connectivity index (χ1) is 17.8. The SMILES string of the molecule is COC(=O)C1=C(C)N(c2ccc(Cl)c(Cl)c2)C(=O)/C1=C\c1ccc(OCC(=O)NC[C@H]2CCCO2)cc1. The summed E-state index contributed by atoms with van der Waals surface area (Å²) in [5.41, 5.74) is 1.88. The molecule has 0 spiro atoms. The van der Waals surface area contributed by atoms with Gasteiger partial charge in [-0.05, 0) is 61.7 Å². The molecule has 2 aromatic carbocycles. The molecule has 0 saturated carbocycles. The van der Waals surface area contributed by atoms with Gasteiger partial charge < -0.3 is 19.5 Å². The van der Waals surface area contributed by atoms with E-state index in [0.717, 1.165) is 19.4 Å². The maximum atomic E-state index is 13.4. The zero-order valence-electron chi connectivity index (χ0n) is 20.4. The first-order valence-electron chi connectivity index (χ1n) is 11.7. The molecule has 0 aromatic heterocycles. The molecule has 2 heterocycles. The molecule has 2 aromatic rings. The molecular weight excluding hydrogens is 519 g/mol. The van der Waals surface area contributed by atoms with Crippen molar-refractivity contribution in [2.75, 3.05) is 31.8 Å². The second-order valence-corrected chi connectivity index (χ2v) is 9.36. The van der Waals surface area contributed by atoms with Gasteiger partial charge in [0.25, 0.3) is 11.8 Å². The maximum Gasteiger partial charge on any atom is 0.340 e. The fraction of sp³-hybridized carbons (Fsp3) is 0.296. The van der Waals surface area contributed by atoms with Crippen LogP contribution in [0.1, 0.15) is 25.3 Å². The van der Waals surface area contributed by atoms with Crippen molar-refractivity contribution in [3.63, 3.8) is 0 Å². The van der Waals surface area contributed by atoms with Crippen LogP contribution in [0.5, 0.6) is 5.75 Å². The number of nitrogens with one attached hydrogen (secondary N) is 1. The third-order valence-corrected chi connectivity index (χ3v) is 6.80. The lowest BCUT2D eigenvalue weighted by Crippen LogP contribution is -2.35. The number of carbonyl (C=O) groups excluding carboxylic acids is 3. The number of amides is 2. The number of benzene rings is 2. The molecule has 37 heavy (non-hydrogen) atoms. The number of rotatable bonds is 8.